The molecule has 1 N–H and O–H groups in total. The van der Waals surface area contributed by atoms with E-state index < -0.39 is 6.09 Å². The van der Waals surface area contributed by atoms with Crippen molar-refractivity contribution >= 4 is 39.3 Å². The van der Waals surface area contributed by atoms with Crippen molar-refractivity contribution in [3.8, 4) is 0 Å². The smallest absolute Gasteiger partial charge is 0.411 e. The van der Waals surface area contributed by atoms with E-state index in [2.05, 4.69) is 5.32 Å². The van der Waals surface area contributed by atoms with Crippen molar-refractivity contribution in [2.24, 2.45) is 0 Å². The molecule has 0 aliphatic rings. The van der Waals surface area contributed by atoms with Crippen molar-refractivity contribution in [2.75, 3.05) is 18.5 Å². The Hall–Kier alpha value is -3.08. The zero-order valence-electron chi connectivity index (χ0n) is 15.6. The van der Waals surface area contributed by atoms with Gasteiger partial charge in [0.25, 0.3) is 0 Å². The van der Waals surface area contributed by atoms with Gasteiger partial charge in [-0.05, 0) is 24.1 Å². The topological polar surface area (TPSA) is 64.6 Å². The first-order valence-corrected chi connectivity index (χ1v) is 9.21. The number of ether oxygens (including phenoxy) is 2. The quantitative estimate of drug-likeness (QED) is 0.355. The molecule has 0 fully saturated rings. The highest BCUT2D eigenvalue weighted by atomic mass is 16.5. The van der Waals surface area contributed by atoms with Gasteiger partial charge in [0.1, 0.15) is 0 Å². The molecular weight excluding hydrogens is 342 g/mol. The summed E-state index contributed by atoms with van der Waals surface area (Å²) in [6, 6.07) is 15.0. The largest absolute Gasteiger partial charge is 0.462 e. The first-order valence-electron chi connectivity index (χ1n) is 9.21. The summed E-state index contributed by atoms with van der Waals surface area (Å²) < 4.78 is 10.5. The van der Waals surface area contributed by atoms with Gasteiger partial charge in [0.15, 0.2) is 0 Å². The number of anilines is 1. The third-order valence-electron chi connectivity index (χ3n) is 4.37. The second-order valence-electron chi connectivity index (χ2n) is 6.18. The number of benzene rings is 3. The molecule has 0 bridgehead atoms. The molecule has 0 saturated carbocycles. The summed E-state index contributed by atoms with van der Waals surface area (Å²) in [5.41, 5.74) is 1.14. The third kappa shape index (κ3) is 3.87. The van der Waals surface area contributed by atoms with Crippen LogP contribution in [-0.4, -0.2) is 25.3 Å². The maximum Gasteiger partial charge on any atom is 0.411 e. The molecule has 0 aromatic heterocycles. The predicted octanol–water partition coefficient (Wildman–Crippen LogP) is 5.52. The van der Waals surface area contributed by atoms with E-state index in [9.17, 15) is 9.59 Å². The second-order valence-corrected chi connectivity index (χ2v) is 6.18. The van der Waals surface area contributed by atoms with E-state index in [0.29, 0.717) is 24.5 Å². The van der Waals surface area contributed by atoms with Crippen LogP contribution in [0.5, 0.6) is 0 Å². The highest BCUT2D eigenvalue weighted by molar-refractivity contribution is 6.24. The number of unbranched alkanes of at least 4 members (excludes halogenated alkanes) is 1. The van der Waals surface area contributed by atoms with Crippen LogP contribution >= 0.6 is 0 Å². The maximum atomic E-state index is 12.6. The molecule has 3 rings (SSSR count). The van der Waals surface area contributed by atoms with Gasteiger partial charge in [0, 0.05) is 10.8 Å². The van der Waals surface area contributed by atoms with Gasteiger partial charge < -0.3 is 9.47 Å². The Kier molecular flexibility index (Phi) is 5.91. The van der Waals surface area contributed by atoms with E-state index in [1.165, 1.54) is 0 Å². The molecule has 3 aromatic carbocycles. The number of fused-ring (bicyclic) bond motifs is 2. The number of hydrogen-bond acceptors (Lipinski definition) is 4. The molecule has 5 heteroatoms. The van der Waals surface area contributed by atoms with Gasteiger partial charge in [0.05, 0.1) is 24.5 Å². The number of hydrogen-bond donors (Lipinski definition) is 1. The van der Waals surface area contributed by atoms with Crippen LogP contribution in [0.1, 0.15) is 37.0 Å². The summed E-state index contributed by atoms with van der Waals surface area (Å²) in [5, 5.41) is 5.88. The van der Waals surface area contributed by atoms with Gasteiger partial charge in [-0.25, -0.2) is 9.59 Å². The van der Waals surface area contributed by atoms with Crippen LogP contribution in [0.2, 0.25) is 0 Å². The molecule has 0 spiro atoms. The lowest BCUT2D eigenvalue weighted by atomic mass is 9.94. The van der Waals surface area contributed by atoms with Crippen molar-refractivity contribution in [1.82, 2.24) is 0 Å². The molecule has 0 radical (unpaired) electrons. The molecule has 140 valence electrons. The van der Waals surface area contributed by atoms with E-state index in [1.807, 2.05) is 55.5 Å². The number of carbonyl (C=O) groups excluding carboxylic acids is 2. The van der Waals surface area contributed by atoms with Gasteiger partial charge >= 0.3 is 12.1 Å². The van der Waals surface area contributed by atoms with Crippen LogP contribution < -0.4 is 5.32 Å². The molecule has 27 heavy (non-hydrogen) atoms. The van der Waals surface area contributed by atoms with Crippen LogP contribution in [0, 0.1) is 0 Å². The lowest BCUT2D eigenvalue weighted by Gasteiger charge is -2.16. The fourth-order valence-corrected chi connectivity index (χ4v) is 3.13. The zero-order valence-corrected chi connectivity index (χ0v) is 15.6. The minimum absolute atomic E-state index is 0.297. The lowest BCUT2D eigenvalue weighted by molar-refractivity contribution is 0.0531. The molecule has 0 aliphatic heterocycles. The van der Waals surface area contributed by atoms with Gasteiger partial charge in [-0.1, -0.05) is 61.9 Å². The lowest BCUT2D eigenvalue weighted by Crippen LogP contribution is -2.15. The van der Waals surface area contributed by atoms with Crippen LogP contribution in [0.25, 0.3) is 21.5 Å². The van der Waals surface area contributed by atoms with E-state index in [4.69, 9.17) is 9.47 Å². The Morgan fingerprint density at radius 2 is 1.41 bits per heavy atom. The molecular formula is C22H23NO4. The molecule has 0 atom stereocenters. The molecule has 0 unspecified atom stereocenters. The zero-order chi connectivity index (χ0) is 19.2. The first-order chi connectivity index (χ1) is 13.2. The number of carbonyl (C=O) groups is 2. The number of amides is 1. The molecule has 0 saturated heterocycles. The van der Waals surface area contributed by atoms with Crippen molar-refractivity contribution < 1.29 is 19.1 Å². The molecule has 0 aliphatic carbocycles. The Morgan fingerprint density at radius 1 is 0.852 bits per heavy atom. The SMILES string of the molecule is CCCCOC(=O)Nc1c2ccccc2c(C(=O)OCC)c2ccccc12. The average molecular weight is 365 g/mol. The van der Waals surface area contributed by atoms with Crippen LogP contribution in [0.4, 0.5) is 10.5 Å². The summed E-state index contributed by atoms with van der Waals surface area (Å²) in [6.45, 7) is 4.49. The normalized spacial score (nSPS) is 10.7. The Bertz CT molecular complexity index is 924. The van der Waals surface area contributed by atoms with E-state index in [-0.39, 0.29) is 5.97 Å². The molecule has 5 nitrogen and oxygen atoms in total. The number of nitrogens with one attached hydrogen (secondary N) is 1. The summed E-state index contributed by atoms with van der Waals surface area (Å²) in [4.78, 5) is 24.9. The highest BCUT2D eigenvalue weighted by Gasteiger charge is 2.20. The van der Waals surface area contributed by atoms with E-state index >= 15 is 0 Å². The molecule has 1 amide bonds. The Labute approximate surface area is 158 Å². The third-order valence-corrected chi connectivity index (χ3v) is 4.37. The fourth-order valence-electron chi connectivity index (χ4n) is 3.13. The van der Waals surface area contributed by atoms with Crippen molar-refractivity contribution in [2.45, 2.75) is 26.7 Å². The Balaban J connectivity index is 2.17. The first kappa shape index (κ1) is 18.7. The summed E-state index contributed by atoms with van der Waals surface area (Å²) >= 11 is 0. The predicted molar refractivity (Wildman–Crippen MR) is 107 cm³/mol. The van der Waals surface area contributed by atoms with Gasteiger partial charge in [-0.15, -0.1) is 0 Å². The monoisotopic (exact) mass is 365 g/mol. The maximum absolute atomic E-state index is 12.6. The second kappa shape index (κ2) is 8.54. The van der Waals surface area contributed by atoms with E-state index in [0.717, 1.165) is 34.4 Å². The van der Waals surface area contributed by atoms with Crippen LogP contribution in [-0.2, 0) is 9.47 Å². The minimum Gasteiger partial charge on any atom is -0.462 e. The van der Waals surface area contributed by atoms with Crippen LogP contribution in [0.3, 0.4) is 0 Å². The van der Waals surface area contributed by atoms with Gasteiger partial charge in [-0.2, -0.15) is 0 Å². The standard InChI is InChI=1S/C22H23NO4/c1-3-5-14-27-22(25)23-20-17-12-8-6-10-15(17)19(21(24)26-4-2)16-11-7-9-13-18(16)20/h6-13H,3-5,14H2,1-2H3,(H,23,25). The average Bonchev–Trinajstić information content (AvgIpc) is 2.68. The number of esters is 1. The highest BCUT2D eigenvalue weighted by Crippen LogP contribution is 2.37. The van der Waals surface area contributed by atoms with Crippen molar-refractivity contribution in [3.05, 3.63) is 54.1 Å². The van der Waals surface area contributed by atoms with Crippen molar-refractivity contribution in [3.63, 3.8) is 0 Å². The molecule has 0 heterocycles. The van der Waals surface area contributed by atoms with Gasteiger partial charge in [0.2, 0.25) is 0 Å². The minimum atomic E-state index is -0.498. The summed E-state index contributed by atoms with van der Waals surface area (Å²) in [7, 11) is 0. The van der Waals surface area contributed by atoms with E-state index in [1.54, 1.807) is 6.92 Å². The summed E-state index contributed by atoms with van der Waals surface area (Å²) in [6.07, 6.45) is 1.27. The van der Waals surface area contributed by atoms with Crippen LogP contribution in [0.15, 0.2) is 48.5 Å². The van der Waals surface area contributed by atoms with Gasteiger partial charge in [-0.3, -0.25) is 5.32 Å². The number of rotatable bonds is 6. The van der Waals surface area contributed by atoms with Crippen molar-refractivity contribution in [1.29, 1.82) is 0 Å². The Morgan fingerprint density at radius 3 is 1.93 bits per heavy atom. The molecule has 3 aromatic rings. The summed E-state index contributed by atoms with van der Waals surface area (Å²) in [5.74, 6) is -0.373. The fraction of sp³-hybridized carbons (Fsp3) is 0.273.